The molecule has 0 bridgehead atoms. The summed E-state index contributed by atoms with van der Waals surface area (Å²) >= 11 is 0. The van der Waals surface area contributed by atoms with E-state index in [2.05, 4.69) is 0 Å². The predicted molar refractivity (Wildman–Crippen MR) is 51.6 cm³/mol. The number of rotatable bonds is 4. The summed E-state index contributed by atoms with van der Waals surface area (Å²) in [5.41, 5.74) is 0. The SMILES string of the molecule is COCc1ccc(C(=O)c2ccco2)o1. The third kappa shape index (κ3) is 1.99. The summed E-state index contributed by atoms with van der Waals surface area (Å²) in [6, 6.07) is 6.58. The molecular formula is C11H10O4. The van der Waals surface area contributed by atoms with E-state index in [1.165, 1.54) is 6.26 Å². The van der Waals surface area contributed by atoms with Crippen molar-refractivity contribution in [1.82, 2.24) is 0 Å². The van der Waals surface area contributed by atoms with Crippen molar-refractivity contribution in [2.45, 2.75) is 6.61 Å². The lowest BCUT2D eigenvalue weighted by atomic mass is 10.2. The minimum Gasteiger partial charge on any atom is -0.461 e. The van der Waals surface area contributed by atoms with Crippen molar-refractivity contribution in [3.63, 3.8) is 0 Å². The first-order chi connectivity index (χ1) is 7.31. The van der Waals surface area contributed by atoms with Gasteiger partial charge in [0.15, 0.2) is 11.5 Å². The first-order valence-corrected chi connectivity index (χ1v) is 4.47. The van der Waals surface area contributed by atoms with E-state index in [1.54, 1.807) is 31.4 Å². The molecule has 0 aromatic carbocycles. The monoisotopic (exact) mass is 206 g/mol. The van der Waals surface area contributed by atoms with Gasteiger partial charge in [0.25, 0.3) is 5.78 Å². The molecule has 78 valence electrons. The lowest BCUT2D eigenvalue weighted by molar-refractivity contribution is 0.0974. The van der Waals surface area contributed by atoms with Gasteiger partial charge < -0.3 is 13.6 Å². The molecule has 2 aromatic rings. The van der Waals surface area contributed by atoms with Crippen LogP contribution in [-0.2, 0) is 11.3 Å². The maximum atomic E-state index is 11.7. The van der Waals surface area contributed by atoms with Crippen molar-refractivity contribution in [3.05, 3.63) is 47.8 Å². The van der Waals surface area contributed by atoms with E-state index in [-0.39, 0.29) is 17.3 Å². The molecule has 0 spiro atoms. The highest BCUT2D eigenvalue weighted by Gasteiger charge is 2.15. The van der Waals surface area contributed by atoms with Crippen molar-refractivity contribution in [1.29, 1.82) is 0 Å². The second-order valence-electron chi connectivity index (χ2n) is 3.01. The fourth-order valence-corrected chi connectivity index (χ4v) is 1.25. The van der Waals surface area contributed by atoms with Gasteiger partial charge in [-0.15, -0.1) is 0 Å². The van der Waals surface area contributed by atoms with Gasteiger partial charge >= 0.3 is 0 Å². The molecule has 0 N–H and O–H groups in total. The summed E-state index contributed by atoms with van der Waals surface area (Å²) in [4.78, 5) is 11.7. The minimum atomic E-state index is -0.262. The van der Waals surface area contributed by atoms with Gasteiger partial charge in [-0.05, 0) is 24.3 Å². The average molecular weight is 206 g/mol. The van der Waals surface area contributed by atoms with Crippen LogP contribution >= 0.6 is 0 Å². The quantitative estimate of drug-likeness (QED) is 0.720. The molecule has 0 saturated carbocycles. The van der Waals surface area contributed by atoms with Crippen LogP contribution in [0, 0.1) is 0 Å². The number of hydrogen-bond acceptors (Lipinski definition) is 4. The Morgan fingerprint density at radius 2 is 2.20 bits per heavy atom. The highest BCUT2D eigenvalue weighted by Crippen LogP contribution is 2.14. The average Bonchev–Trinajstić information content (AvgIpc) is 2.87. The first kappa shape index (κ1) is 9.73. The van der Waals surface area contributed by atoms with Crippen LogP contribution in [-0.4, -0.2) is 12.9 Å². The predicted octanol–water partition coefficient (Wildman–Crippen LogP) is 2.25. The van der Waals surface area contributed by atoms with Gasteiger partial charge in [0.1, 0.15) is 12.4 Å². The Hall–Kier alpha value is -1.81. The number of carbonyl (C=O) groups excluding carboxylic acids is 1. The van der Waals surface area contributed by atoms with Crippen LogP contribution in [0.1, 0.15) is 22.1 Å². The molecule has 0 aliphatic carbocycles. The lowest BCUT2D eigenvalue weighted by Crippen LogP contribution is -1.96. The second kappa shape index (κ2) is 4.14. The number of ether oxygens (including phenoxy) is 1. The van der Waals surface area contributed by atoms with E-state index >= 15 is 0 Å². The molecule has 4 heteroatoms. The van der Waals surface area contributed by atoms with E-state index in [9.17, 15) is 4.79 Å². The van der Waals surface area contributed by atoms with Gasteiger partial charge in [-0.3, -0.25) is 4.79 Å². The second-order valence-corrected chi connectivity index (χ2v) is 3.01. The maximum Gasteiger partial charge on any atom is 0.263 e. The van der Waals surface area contributed by atoms with Crippen LogP contribution in [0.15, 0.2) is 39.4 Å². The van der Waals surface area contributed by atoms with Crippen molar-refractivity contribution < 1.29 is 18.4 Å². The van der Waals surface area contributed by atoms with E-state index in [0.717, 1.165) is 0 Å². The fraction of sp³-hybridized carbons (Fsp3) is 0.182. The third-order valence-electron chi connectivity index (χ3n) is 1.92. The number of methoxy groups -OCH3 is 1. The Kier molecular flexibility index (Phi) is 2.69. The summed E-state index contributed by atoms with van der Waals surface area (Å²) in [6.45, 7) is 0.353. The van der Waals surface area contributed by atoms with Crippen LogP contribution in [0.3, 0.4) is 0 Å². The van der Waals surface area contributed by atoms with Crippen LogP contribution in [0.25, 0.3) is 0 Å². The van der Waals surface area contributed by atoms with E-state index in [4.69, 9.17) is 13.6 Å². The summed E-state index contributed by atoms with van der Waals surface area (Å²) in [6.07, 6.45) is 1.45. The van der Waals surface area contributed by atoms with Crippen molar-refractivity contribution in [2.75, 3.05) is 7.11 Å². The summed E-state index contributed by atoms with van der Waals surface area (Å²) in [5.74, 6) is 0.889. The van der Waals surface area contributed by atoms with Crippen LogP contribution in [0.5, 0.6) is 0 Å². The number of furan rings is 2. The first-order valence-electron chi connectivity index (χ1n) is 4.47. The molecule has 2 heterocycles. The molecule has 0 unspecified atom stereocenters. The smallest absolute Gasteiger partial charge is 0.263 e. The summed E-state index contributed by atoms with van der Waals surface area (Å²) < 4.78 is 15.1. The van der Waals surface area contributed by atoms with Gasteiger partial charge in [-0.2, -0.15) is 0 Å². The minimum absolute atomic E-state index is 0.261. The van der Waals surface area contributed by atoms with Crippen LogP contribution in [0.2, 0.25) is 0 Å². The zero-order chi connectivity index (χ0) is 10.7. The molecule has 0 saturated heterocycles. The highest BCUT2D eigenvalue weighted by atomic mass is 16.5. The molecule has 4 nitrogen and oxygen atoms in total. The van der Waals surface area contributed by atoms with Gasteiger partial charge in [0.05, 0.1) is 6.26 Å². The van der Waals surface area contributed by atoms with Crippen molar-refractivity contribution in [3.8, 4) is 0 Å². The molecule has 0 atom stereocenters. The summed E-state index contributed by atoms with van der Waals surface area (Å²) in [5, 5.41) is 0. The zero-order valence-electron chi connectivity index (χ0n) is 8.23. The molecule has 0 amide bonds. The van der Waals surface area contributed by atoms with E-state index in [0.29, 0.717) is 12.4 Å². The Morgan fingerprint density at radius 3 is 2.87 bits per heavy atom. The molecular weight excluding hydrogens is 196 g/mol. The Bertz CT molecular complexity index is 439. The van der Waals surface area contributed by atoms with Crippen molar-refractivity contribution >= 4 is 5.78 Å². The fourth-order valence-electron chi connectivity index (χ4n) is 1.25. The van der Waals surface area contributed by atoms with E-state index < -0.39 is 0 Å². The Morgan fingerprint density at radius 1 is 1.33 bits per heavy atom. The molecule has 0 fully saturated rings. The summed E-state index contributed by atoms with van der Waals surface area (Å²) in [7, 11) is 1.57. The van der Waals surface area contributed by atoms with Crippen LogP contribution < -0.4 is 0 Å². The van der Waals surface area contributed by atoms with Crippen LogP contribution in [0.4, 0.5) is 0 Å². The maximum absolute atomic E-state index is 11.7. The van der Waals surface area contributed by atoms with Crippen molar-refractivity contribution in [2.24, 2.45) is 0 Å². The van der Waals surface area contributed by atoms with Gasteiger partial charge in [0.2, 0.25) is 0 Å². The number of ketones is 1. The molecule has 0 aliphatic rings. The normalized spacial score (nSPS) is 10.5. The topological polar surface area (TPSA) is 52.6 Å². The van der Waals surface area contributed by atoms with Gasteiger partial charge in [0, 0.05) is 7.11 Å². The molecule has 2 rings (SSSR count). The van der Waals surface area contributed by atoms with Gasteiger partial charge in [-0.1, -0.05) is 0 Å². The standard InChI is InChI=1S/C11H10O4/c1-13-7-8-4-5-10(15-8)11(12)9-3-2-6-14-9/h2-6H,7H2,1H3. The van der Waals surface area contributed by atoms with E-state index in [1.807, 2.05) is 0 Å². The molecule has 15 heavy (non-hydrogen) atoms. The molecule has 0 radical (unpaired) electrons. The molecule has 2 aromatic heterocycles. The van der Waals surface area contributed by atoms with Gasteiger partial charge in [-0.25, -0.2) is 0 Å². The number of carbonyl (C=O) groups is 1. The Balaban J connectivity index is 2.19. The Labute approximate surface area is 86.4 Å². The largest absolute Gasteiger partial charge is 0.461 e. The lowest BCUT2D eigenvalue weighted by Gasteiger charge is -1.93. The molecule has 0 aliphatic heterocycles. The highest BCUT2D eigenvalue weighted by molar-refractivity contribution is 6.05. The third-order valence-corrected chi connectivity index (χ3v) is 1.92. The zero-order valence-corrected chi connectivity index (χ0v) is 8.23. The number of hydrogen-bond donors (Lipinski definition) is 0.